The minimum absolute atomic E-state index is 0.0835. The molecular formula is C9H17NO2. The van der Waals surface area contributed by atoms with Crippen LogP contribution in [-0.4, -0.2) is 23.2 Å². The van der Waals surface area contributed by atoms with Gasteiger partial charge in [-0.3, -0.25) is 4.79 Å². The third kappa shape index (κ3) is 2.81. The van der Waals surface area contributed by atoms with Gasteiger partial charge in [-0.05, 0) is 39.7 Å². The molecule has 0 radical (unpaired) electrons. The van der Waals surface area contributed by atoms with Crippen LogP contribution < -0.4 is 5.32 Å². The zero-order valence-corrected chi connectivity index (χ0v) is 7.92. The summed E-state index contributed by atoms with van der Waals surface area (Å²) in [6.07, 6.45) is 0.846. The Labute approximate surface area is 73.2 Å². The fourth-order valence-electron chi connectivity index (χ4n) is 1.21. The van der Waals surface area contributed by atoms with Crippen LogP contribution in [0.2, 0.25) is 0 Å². The van der Waals surface area contributed by atoms with E-state index in [9.17, 15) is 4.79 Å². The normalized spacial score (nSPS) is 28.6. The third-order valence-corrected chi connectivity index (χ3v) is 2.13. The van der Waals surface area contributed by atoms with E-state index in [-0.39, 0.29) is 11.5 Å². The Morgan fingerprint density at radius 1 is 1.58 bits per heavy atom. The second-order valence-corrected chi connectivity index (χ2v) is 4.57. The maximum absolute atomic E-state index is 10.5. The van der Waals surface area contributed by atoms with Crippen LogP contribution in [0.5, 0.6) is 0 Å². The first kappa shape index (κ1) is 9.52. The van der Waals surface area contributed by atoms with Crippen molar-refractivity contribution in [2.24, 2.45) is 11.8 Å². The highest BCUT2D eigenvalue weighted by molar-refractivity contribution is 5.73. The molecule has 2 N–H and O–H groups in total. The van der Waals surface area contributed by atoms with Crippen molar-refractivity contribution in [1.82, 2.24) is 5.32 Å². The molecule has 0 aromatic heterocycles. The molecule has 0 aliphatic heterocycles. The van der Waals surface area contributed by atoms with Gasteiger partial charge in [-0.1, -0.05) is 0 Å². The molecule has 12 heavy (non-hydrogen) atoms. The molecule has 1 rings (SSSR count). The lowest BCUT2D eigenvalue weighted by molar-refractivity contribution is -0.138. The number of rotatable bonds is 3. The maximum Gasteiger partial charge on any atom is 0.306 e. The second kappa shape index (κ2) is 3.05. The Morgan fingerprint density at radius 3 is 2.50 bits per heavy atom. The molecule has 1 aliphatic rings. The van der Waals surface area contributed by atoms with Gasteiger partial charge in [0.1, 0.15) is 0 Å². The van der Waals surface area contributed by atoms with Crippen molar-refractivity contribution in [3.8, 4) is 0 Å². The second-order valence-electron chi connectivity index (χ2n) is 4.57. The number of hydrogen-bond donors (Lipinski definition) is 2. The van der Waals surface area contributed by atoms with Crippen LogP contribution in [0, 0.1) is 11.8 Å². The van der Waals surface area contributed by atoms with E-state index >= 15 is 0 Å². The van der Waals surface area contributed by atoms with Crippen molar-refractivity contribution < 1.29 is 9.90 Å². The molecule has 0 aromatic rings. The van der Waals surface area contributed by atoms with Gasteiger partial charge in [0.05, 0.1) is 5.92 Å². The van der Waals surface area contributed by atoms with Crippen molar-refractivity contribution in [1.29, 1.82) is 0 Å². The zero-order chi connectivity index (χ0) is 9.35. The molecule has 0 saturated heterocycles. The van der Waals surface area contributed by atoms with Gasteiger partial charge in [0.25, 0.3) is 0 Å². The number of carbonyl (C=O) groups is 1. The Bertz CT molecular complexity index is 183. The number of carboxylic acids is 1. The van der Waals surface area contributed by atoms with E-state index in [1.54, 1.807) is 0 Å². The first-order valence-electron chi connectivity index (χ1n) is 4.38. The van der Waals surface area contributed by atoms with E-state index in [1.807, 2.05) is 0 Å². The summed E-state index contributed by atoms with van der Waals surface area (Å²) in [5, 5.41) is 11.9. The summed E-state index contributed by atoms with van der Waals surface area (Å²) in [7, 11) is 0. The van der Waals surface area contributed by atoms with E-state index in [0.29, 0.717) is 5.92 Å². The summed E-state index contributed by atoms with van der Waals surface area (Å²) in [5.41, 5.74) is 0.103. The van der Waals surface area contributed by atoms with Crippen molar-refractivity contribution in [2.75, 3.05) is 6.54 Å². The highest BCUT2D eigenvalue weighted by Gasteiger charge is 2.42. The molecule has 3 heteroatoms. The SMILES string of the molecule is CC(C)(C)NCC1CC1C(=O)O. The first-order valence-corrected chi connectivity index (χ1v) is 4.38. The van der Waals surface area contributed by atoms with Crippen LogP contribution in [0.3, 0.4) is 0 Å². The van der Waals surface area contributed by atoms with Crippen LogP contribution in [0.15, 0.2) is 0 Å². The lowest BCUT2D eigenvalue weighted by Crippen LogP contribution is -2.37. The Hall–Kier alpha value is -0.570. The smallest absolute Gasteiger partial charge is 0.306 e. The molecule has 70 valence electrons. The van der Waals surface area contributed by atoms with Crippen LogP contribution in [0.1, 0.15) is 27.2 Å². The highest BCUT2D eigenvalue weighted by Crippen LogP contribution is 2.38. The Morgan fingerprint density at radius 2 is 2.17 bits per heavy atom. The number of nitrogens with one attached hydrogen (secondary N) is 1. The van der Waals surface area contributed by atoms with Gasteiger partial charge in [0.15, 0.2) is 0 Å². The summed E-state index contributed by atoms with van der Waals surface area (Å²) < 4.78 is 0. The first-order chi connectivity index (χ1) is 5.40. The van der Waals surface area contributed by atoms with Crippen molar-refractivity contribution >= 4 is 5.97 Å². The quantitative estimate of drug-likeness (QED) is 0.668. The molecule has 2 atom stereocenters. The number of carboxylic acid groups (broad SMARTS) is 1. The lowest BCUT2D eigenvalue weighted by atomic mass is 10.1. The van der Waals surface area contributed by atoms with E-state index in [1.165, 1.54) is 0 Å². The van der Waals surface area contributed by atoms with Crippen molar-refractivity contribution in [3.63, 3.8) is 0 Å². The Kier molecular flexibility index (Phi) is 2.42. The molecule has 1 saturated carbocycles. The van der Waals surface area contributed by atoms with Crippen molar-refractivity contribution in [3.05, 3.63) is 0 Å². The molecular weight excluding hydrogens is 154 g/mol. The monoisotopic (exact) mass is 171 g/mol. The van der Waals surface area contributed by atoms with E-state index in [4.69, 9.17) is 5.11 Å². The largest absolute Gasteiger partial charge is 0.481 e. The standard InChI is InChI=1S/C9H17NO2/c1-9(2,3)10-5-6-4-7(6)8(11)12/h6-7,10H,4-5H2,1-3H3,(H,11,12). The summed E-state index contributed by atoms with van der Waals surface area (Å²) in [6.45, 7) is 7.10. The minimum Gasteiger partial charge on any atom is -0.481 e. The predicted molar refractivity (Wildman–Crippen MR) is 47.0 cm³/mol. The molecule has 0 aromatic carbocycles. The zero-order valence-electron chi connectivity index (χ0n) is 7.92. The molecule has 0 amide bonds. The average molecular weight is 171 g/mol. The van der Waals surface area contributed by atoms with Crippen LogP contribution in [0.25, 0.3) is 0 Å². The van der Waals surface area contributed by atoms with Gasteiger partial charge in [-0.15, -0.1) is 0 Å². The topological polar surface area (TPSA) is 49.3 Å². The van der Waals surface area contributed by atoms with E-state index < -0.39 is 5.97 Å². The van der Waals surface area contributed by atoms with E-state index in [0.717, 1.165) is 13.0 Å². The van der Waals surface area contributed by atoms with Gasteiger partial charge < -0.3 is 10.4 Å². The summed E-state index contributed by atoms with van der Waals surface area (Å²) in [4.78, 5) is 10.5. The maximum atomic E-state index is 10.5. The Balaban J connectivity index is 2.16. The van der Waals surface area contributed by atoms with Gasteiger partial charge in [0, 0.05) is 5.54 Å². The van der Waals surface area contributed by atoms with Gasteiger partial charge in [-0.2, -0.15) is 0 Å². The van der Waals surface area contributed by atoms with E-state index in [2.05, 4.69) is 26.1 Å². The molecule has 0 heterocycles. The highest BCUT2D eigenvalue weighted by atomic mass is 16.4. The molecule has 0 bridgehead atoms. The van der Waals surface area contributed by atoms with Gasteiger partial charge in [0.2, 0.25) is 0 Å². The van der Waals surface area contributed by atoms with Crippen LogP contribution >= 0.6 is 0 Å². The fourth-order valence-corrected chi connectivity index (χ4v) is 1.21. The molecule has 0 spiro atoms. The predicted octanol–water partition coefficient (Wildman–Crippen LogP) is 1.10. The summed E-state index contributed by atoms with van der Waals surface area (Å²) in [6, 6.07) is 0. The average Bonchev–Trinajstić information content (AvgIpc) is 2.59. The lowest BCUT2D eigenvalue weighted by Gasteiger charge is -2.20. The van der Waals surface area contributed by atoms with Gasteiger partial charge >= 0.3 is 5.97 Å². The fraction of sp³-hybridized carbons (Fsp3) is 0.889. The summed E-state index contributed by atoms with van der Waals surface area (Å²) in [5.74, 6) is -0.364. The molecule has 1 aliphatic carbocycles. The van der Waals surface area contributed by atoms with Crippen LogP contribution in [0.4, 0.5) is 0 Å². The number of aliphatic carboxylic acids is 1. The third-order valence-electron chi connectivity index (χ3n) is 2.13. The number of hydrogen-bond acceptors (Lipinski definition) is 2. The van der Waals surface area contributed by atoms with Gasteiger partial charge in [-0.25, -0.2) is 0 Å². The van der Waals surface area contributed by atoms with Crippen molar-refractivity contribution in [2.45, 2.75) is 32.7 Å². The summed E-state index contributed by atoms with van der Waals surface area (Å²) >= 11 is 0. The molecule has 2 unspecified atom stereocenters. The molecule has 1 fully saturated rings. The minimum atomic E-state index is -0.643. The van der Waals surface area contributed by atoms with Crippen LogP contribution in [-0.2, 0) is 4.79 Å². The molecule has 3 nitrogen and oxygen atoms in total.